The molecule has 1 aliphatic carbocycles. The molecule has 0 aromatic heterocycles. The Balaban J connectivity index is 1.17. The number of nitrogens with one attached hydrogen (secondary N) is 1. The average molecular weight is 414 g/mol. The van der Waals surface area contributed by atoms with E-state index in [-0.39, 0.29) is 12.1 Å². The van der Waals surface area contributed by atoms with Crippen LogP contribution in [0.1, 0.15) is 44.9 Å². The van der Waals surface area contributed by atoms with Gasteiger partial charge in [-0.3, -0.25) is 0 Å². The highest BCUT2D eigenvalue weighted by Crippen LogP contribution is 2.34. The lowest BCUT2D eigenvalue weighted by molar-refractivity contribution is 0.0444. The van der Waals surface area contributed by atoms with Crippen molar-refractivity contribution >= 4 is 6.03 Å². The number of nitrogens with zero attached hydrogens (tertiary/aromatic N) is 2. The number of hydrogen-bond donors (Lipinski definition) is 1. The quantitative estimate of drug-likeness (QED) is 0.775. The number of amides is 2. The SMILES string of the molecule is O=C(NCC1COc2ccccc2O1)N(CC1CC1)CC1CCCN2CCCCC12. The molecule has 4 aliphatic rings. The van der Waals surface area contributed by atoms with Gasteiger partial charge in [-0.1, -0.05) is 18.6 Å². The van der Waals surface area contributed by atoms with Crippen molar-refractivity contribution in [2.45, 2.75) is 57.1 Å². The van der Waals surface area contributed by atoms with Crippen LogP contribution in [0.2, 0.25) is 0 Å². The van der Waals surface area contributed by atoms with Gasteiger partial charge in [-0.25, -0.2) is 4.79 Å². The zero-order chi connectivity index (χ0) is 20.3. The third-order valence-electron chi connectivity index (χ3n) is 7.19. The summed E-state index contributed by atoms with van der Waals surface area (Å²) in [6, 6.07) is 8.46. The van der Waals surface area contributed by atoms with Crippen molar-refractivity contribution in [3.63, 3.8) is 0 Å². The Morgan fingerprint density at radius 1 is 1.03 bits per heavy atom. The highest BCUT2D eigenvalue weighted by atomic mass is 16.6. The number of hydrogen-bond acceptors (Lipinski definition) is 4. The topological polar surface area (TPSA) is 54.0 Å². The molecule has 5 rings (SSSR count). The molecule has 2 saturated heterocycles. The van der Waals surface area contributed by atoms with Gasteiger partial charge in [-0.15, -0.1) is 0 Å². The van der Waals surface area contributed by atoms with Crippen molar-refractivity contribution in [3.8, 4) is 11.5 Å². The molecule has 6 heteroatoms. The van der Waals surface area contributed by atoms with E-state index in [0.717, 1.165) is 24.6 Å². The van der Waals surface area contributed by atoms with E-state index in [1.54, 1.807) is 0 Å². The molecule has 3 atom stereocenters. The molecule has 164 valence electrons. The van der Waals surface area contributed by atoms with Crippen LogP contribution in [-0.2, 0) is 0 Å². The van der Waals surface area contributed by atoms with Crippen molar-refractivity contribution in [2.75, 3.05) is 39.3 Å². The molecule has 0 spiro atoms. The third-order valence-corrected chi connectivity index (χ3v) is 7.19. The van der Waals surface area contributed by atoms with E-state index in [1.165, 1.54) is 58.0 Å². The van der Waals surface area contributed by atoms with Gasteiger partial charge in [0.25, 0.3) is 0 Å². The standard InChI is InChI=1S/C24H35N3O3/c28-24(25-14-20-17-29-22-8-1-2-9-23(22)30-20)27(15-18-10-11-18)16-19-6-5-13-26-12-4-3-7-21(19)26/h1-2,8-9,18-21H,3-7,10-17H2,(H,25,28). The van der Waals surface area contributed by atoms with Gasteiger partial charge in [0.1, 0.15) is 6.61 Å². The van der Waals surface area contributed by atoms with Crippen LogP contribution >= 0.6 is 0 Å². The largest absolute Gasteiger partial charge is 0.486 e. The molecule has 3 unspecified atom stereocenters. The maximum atomic E-state index is 13.1. The highest BCUT2D eigenvalue weighted by molar-refractivity contribution is 5.74. The number of fused-ring (bicyclic) bond motifs is 2. The summed E-state index contributed by atoms with van der Waals surface area (Å²) in [5.74, 6) is 2.86. The van der Waals surface area contributed by atoms with Crippen LogP contribution in [0.4, 0.5) is 4.79 Å². The molecule has 1 aromatic rings. The minimum Gasteiger partial charge on any atom is -0.486 e. The van der Waals surface area contributed by atoms with Gasteiger partial charge in [-0.05, 0) is 75.6 Å². The normalized spacial score (nSPS) is 28.5. The monoisotopic (exact) mass is 413 g/mol. The fraction of sp³-hybridized carbons (Fsp3) is 0.708. The zero-order valence-corrected chi connectivity index (χ0v) is 17.9. The summed E-state index contributed by atoms with van der Waals surface area (Å²) in [5.41, 5.74) is 0. The maximum Gasteiger partial charge on any atom is 0.317 e. The predicted molar refractivity (Wildman–Crippen MR) is 116 cm³/mol. The second-order valence-electron chi connectivity index (χ2n) is 9.53. The van der Waals surface area contributed by atoms with E-state index in [1.807, 2.05) is 24.3 Å². The fourth-order valence-corrected chi connectivity index (χ4v) is 5.40. The van der Waals surface area contributed by atoms with Crippen molar-refractivity contribution in [1.82, 2.24) is 15.1 Å². The number of benzene rings is 1. The van der Waals surface area contributed by atoms with E-state index >= 15 is 0 Å². The van der Waals surface area contributed by atoms with Crippen LogP contribution in [0.25, 0.3) is 0 Å². The molecule has 30 heavy (non-hydrogen) atoms. The number of piperidine rings is 2. The second kappa shape index (κ2) is 9.04. The molecule has 1 saturated carbocycles. The first-order chi connectivity index (χ1) is 14.8. The molecule has 1 N–H and O–H groups in total. The highest BCUT2D eigenvalue weighted by Gasteiger charge is 2.36. The van der Waals surface area contributed by atoms with Gasteiger partial charge >= 0.3 is 6.03 Å². The number of rotatable bonds is 6. The van der Waals surface area contributed by atoms with Crippen molar-refractivity contribution < 1.29 is 14.3 Å². The molecule has 0 radical (unpaired) electrons. The fourth-order valence-electron chi connectivity index (χ4n) is 5.40. The van der Waals surface area contributed by atoms with Crippen molar-refractivity contribution in [1.29, 1.82) is 0 Å². The van der Waals surface area contributed by atoms with Gasteiger partial charge in [0, 0.05) is 19.1 Å². The Morgan fingerprint density at radius 2 is 1.87 bits per heavy atom. The Kier molecular flexibility index (Phi) is 6.02. The molecule has 3 aliphatic heterocycles. The zero-order valence-electron chi connectivity index (χ0n) is 17.9. The average Bonchev–Trinajstić information content (AvgIpc) is 3.61. The van der Waals surface area contributed by atoms with Gasteiger partial charge in [-0.2, -0.15) is 0 Å². The molecule has 3 heterocycles. The smallest absolute Gasteiger partial charge is 0.317 e. The predicted octanol–water partition coefficient (Wildman–Crippen LogP) is 3.51. The molecule has 0 bridgehead atoms. The summed E-state index contributed by atoms with van der Waals surface area (Å²) in [6.45, 7) is 5.25. The first-order valence-corrected chi connectivity index (χ1v) is 11.9. The third kappa shape index (κ3) is 4.69. The lowest BCUT2D eigenvalue weighted by atomic mass is 9.83. The summed E-state index contributed by atoms with van der Waals surface area (Å²) in [4.78, 5) is 17.9. The van der Waals surface area contributed by atoms with Gasteiger partial charge in [0.2, 0.25) is 0 Å². The first kappa shape index (κ1) is 20.0. The van der Waals surface area contributed by atoms with Crippen LogP contribution < -0.4 is 14.8 Å². The minimum absolute atomic E-state index is 0.0669. The van der Waals surface area contributed by atoms with Crippen LogP contribution in [0.3, 0.4) is 0 Å². The van der Waals surface area contributed by atoms with Crippen LogP contribution in [-0.4, -0.2) is 67.3 Å². The van der Waals surface area contributed by atoms with E-state index < -0.39 is 0 Å². The van der Waals surface area contributed by atoms with E-state index in [0.29, 0.717) is 31.0 Å². The van der Waals surface area contributed by atoms with Gasteiger partial charge < -0.3 is 24.6 Å². The summed E-state index contributed by atoms with van der Waals surface area (Å²) in [7, 11) is 0. The number of urea groups is 1. The molecule has 3 fully saturated rings. The van der Waals surface area contributed by atoms with Crippen LogP contribution in [0.15, 0.2) is 24.3 Å². The molecular weight excluding hydrogens is 378 g/mol. The summed E-state index contributed by atoms with van der Waals surface area (Å²) in [5, 5.41) is 3.15. The van der Waals surface area contributed by atoms with Gasteiger partial charge in [0.15, 0.2) is 17.6 Å². The lowest BCUT2D eigenvalue weighted by Crippen LogP contribution is -2.53. The van der Waals surface area contributed by atoms with Crippen LogP contribution in [0.5, 0.6) is 11.5 Å². The molecular formula is C24H35N3O3. The number of ether oxygens (including phenoxy) is 2. The van der Waals surface area contributed by atoms with Gasteiger partial charge in [0.05, 0.1) is 6.54 Å². The van der Waals surface area contributed by atoms with E-state index in [4.69, 9.17) is 9.47 Å². The van der Waals surface area contributed by atoms with E-state index in [9.17, 15) is 4.79 Å². The molecule has 1 aromatic carbocycles. The summed E-state index contributed by atoms with van der Waals surface area (Å²) < 4.78 is 11.8. The Morgan fingerprint density at radius 3 is 2.73 bits per heavy atom. The van der Waals surface area contributed by atoms with Crippen molar-refractivity contribution in [3.05, 3.63) is 24.3 Å². The Bertz CT molecular complexity index is 736. The number of carbonyl (C=O) groups is 1. The Labute approximate surface area is 179 Å². The molecule has 2 amide bonds. The number of para-hydroxylation sites is 2. The molecule has 6 nitrogen and oxygen atoms in total. The summed E-state index contributed by atoms with van der Waals surface area (Å²) in [6.07, 6.45) is 8.89. The number of carbonyl (C=O) groups excluding carboxylic acids is 1. The van der Waals surface area contributed by atoms with Crippen molar-refractivity contribution in [2.24, 2.45) is 11.8 Å². The second-order valence-corrected chi connectivity index (χ2v) is 9.53. The summed E-state index contributed by atoms with van der Waals surface area (Å²) >= 11 is 0. The van der Waals surface area contributed by atoms with E-state index in [2.05, 4.69) is 15.1 Å². The van der Waals surface area contributed by atoms with Crippen LogP contribution in [0, 0.1) is 11.8 Å². The lowest BCUT2D eigenvalue weighted by Gasteiger charge is -2.45. The maximum absolute atomic E-state index is 13.1. The first-order valence-electron chi connectivity index (χ1n) is 11.9. The minimum atomic E-state index is -0.143. The Hall–Kier alpha value is -1.95.